The molecule has 0 saturated heterocycles. The van der Waals surface area contributed by atoms with Crippen LogP contribution < -0.4 is 20.4 Å². The van der Waals surface area contributed by atoms with Crippen molar-refractivity contribution in [3.8, 4) is 5.75 Å². The second-order valence-electron chi connectivity index (χ2n) is 6.79. The van der Waals surface area contributed by atoms with E-state index in [1.165, 1.54) is 11.0 Å². The van der Waals surface area contributed by atoms with E-state index < -0.39 is 5.91 Å². The summed E-state index contributed by atoms with van der Waals surface area (Å²) in [5.74, 6) is -0.257. The maximum Gasteiger partial charge on any atom is 0.291 e. The number of benzene rings is 2. The Bertz CT molecular complexity index is 1200. The Morgan fingerprint density at radius 1 is 1.07 bits per heavy atom. The van der Waals surface area contributed by atoms with Gasteiger partial charge in [0.05, 0.1) is 11.1 Å². The van der Waals surface area contributed by atoms with Gasteiger partial charge in [0, 0.05) is 18.8 Å². The lowest BCUT2D eigenvalue weighted by Gasteiger charge is -2.26. The minimum atomic E-state index is -0.553. The van der Waals surface area contributed by atoms with Gasteiger partial charge in [-0.15, -0.1) is 0 Å². The van der Waals surface area contributed by atoms with Gasteiger partial charge >= 0.3 is 0 Å². The number of amides is 2. The molecule has 1 aromatic heterocycles. The maximum absolute atomic E-state index is 12.6. The Labute approximate surface area is 160 Å². The van der Waals surface area contributed by atoms with E-state index in [-0.39, 0.29) is 23.7 Å². The molecule has 2 amide bonds. The summed E-state index contributed by atoms with van der Waals surface area (Å²) in [7, 11) is 1.64. The van der Waals surface area contributed by atoms with Crippen LogP contribution in [0.5, 0.6) is 5.75 Å². The molecular weight excluding hydrogens is 360 g/mol. The summed E-state index contributed by atoms with van der Waals surface area (Å²) >= 11 is 0. The molecule has 0 atom stereocenters. The number of carbonyl (C=O) groups is 2. The van der Waals surface area contributed by atoms with Crippen molar-refractivity contribution in [2.24, 2.45) is 0 Å². The van der Waals surface area contributed by atoms with Crippen LogP contribution in [0.1, 0.15) is 21.7 Å². The maximum atomic E-state index is 12.6. The van der Waals surface area contributed by atoms with Gasteiger partial charge in [0.1, 0.15) is 11.3 Å². The highest BCUT2D eigenvalue weighted by molar-refractivity contribution is 6.04. The van der Waals surface area contributed by atoms with Crippen molar-refractivity contribution in [2.75, 3.05) is 23.9 Å². The van der Waals surface area contributed by atoms with Gasteiger partial charge in [0.2, 0.25) is 0 Å². The average molecular weight is 378 g/mol. The largest absolute Gasteiger partial charge is 0.482 e. The number of fused-ring (bicyclic) bond motifs is 2. The molecule has 7 nitrogen and oxygen atoms in total. The van der Waals surface area contributed by atoms with Gasteiger partial charge in [-0.3, -0.25) is 14.4 Å². The number of anilines is 2. The summed E-state index contributed by atoms with van der Waals surface area (Å²) in [6, 6.07) is 9.67. The fraction of sp³-hybridized carbons (Fsp3) is 0.190. The Hall–Kier alpha value is -3.61. The monoisotopic (exact) mass is 378 g/mol. The second-order valence-corrected chi connectivity index (χ2v) is 6.79. The van der Waals surface area contributed by atoms with E-state index in [2.05, 4.69) is 5.32 Å². The smallest absolute Gasteiger partial charge is 0.291 e. The summed E-state index contributed by atoms with van der Waals surface area (Å²) in [5.41, 5.74) is 3.04. The summed E-state index contributed by atoms with van der Waals surface area (Å²) in [6.07, 6.45) is 0. The summed E-state index contributed by atoms with van der Waals surface area (Å²) < 4.78 is 11.0. The number of nitrogens with zero attached hydrogens (tertiary/aromatic N) is 1. The Kier molecular flexibility index (Phi) is 4.15. The summed E-state index contributed by atoms with van der Waals surface area (Å²) in [6.45, 7) is 3.81. The minimum Gasteiger partial charge on any atom is -0.482 e. The van der Waals surface area contributed by atoms with Gasteiger partial charge < -0.3 is 19.4 Å². The number of nitrogens with one attached hydrogen (secondary N) is 1. The molecule has 2 aromatic carbocycles. The number of likely N-dealkylation sites (N-methyl/N-ethyl adjacent to an activating group) is 1. The third kappa shape index (κ3) is 3.00. The van der Waals surface area contributed by atoms with Crippen molar-refractivity contribution < 1.29 is 18.7 Å². The normalized spacial score (nSPS) is 13.2. The first-order chi connectivity index (χ1) is 13.3. The SMILES string of the molecule is Cc1cc2oc(C(=O)Nc3ccc4c(c3)N(C)C(=O)CO4)cc(=O)c2cc1C. The topological polar surface area (TPSA) is 88.8 Å². The molecule has 2 heterocycles. The fourth-order valence-corrected chi connectivity index (χ4v) is 3.07. The zero-order valence-electron chi connectivity index (χ0n) is 15.7. The van der Waals surface area contributed by atoms with Crippen LogP contribution in [0.25, 0.3) is 11.0 Å². The van der Waals surface area contributed by atoms with E-state index in [4.69, 9.17) is 9.15 Å². The molecule has 0 radical (unpaired) electrons. The van der Waals surface area contributed by atoms with E-state index in [0.29, 0.717) is 28.1 Å². The molecule has 0 unspecified atom stereocenters. The number of hydrogen-bond donors (Lipinski definition) is 1. The first-order valence-electron chi connectivity index (χ1n) is 8.73. The molecule has 1 aliphatic rings. The van der Waals surface area contributed by atoms with E-state index in [1.807, 2.05) is 13.8 Å². The molecule has 0 fully saturated rings. The minimum absolute atomic E-state index is 0.0175. The van der Waals surface area contributed by atoms with E-state index in [9.17, 15) is 14.4 Å². The predicted molar refractivity (Wildman–Crippen MR) is 105 cm³/mol. The quantitative estimate of drug-likeness (QED) is 0.740. The number of aryl methyl sites for hydroxylation is 2. The molecule has 0 spiro atoms. The zero-order valence-corrected chi connectivity index (χ0v) is 15.7. The first-order valence-corrected chi connectivity index (χ1v) is 8.73. The molecule has 1 aliphatic heterocycles. The highest BCUT2D eigenvalue weighted by Gasteiger charge is 2.23. The number of hydrogen-bond acceptors (Lipinski definition) is 5. The van der Waals surface area contributed by atoms with Crippen LogP contribution in [0.2, 0.25) is 0 Å². The fourth-order valence-electron chi connectivity index (χ4n) is 3.07. The molecule has 28 heavy (non-hydrogen) atoms. The van der Waals surface area contributed by atoms with E-state index >= 15 is 0 Å². The highest BCUT2D eigenvalue weighted by atomic mass is 16.5. The first kappa shape index (κ1) is 17.8. The van der Waals surface area contributed by atoms with E-state index in [0.717, 1.165) is 11.1 Å². The Morgan fingerprint density at radius 2 is 1.82 bits per heavy atom. The lowest BCUT2D eigenvalue weighted by molar-refractivity contribution is -0.120. The van der Waals surface area contributed by atoms with Gasteiger partial charge in [-0.05, 0) is 55.3 Å². The Balaban J connectivity index is 1.67. The van der Waals surface area contributed by atoms with Gasteiger partial charge in [0.15, 0.2) is 17.8 Å². The summed E-state index contributed by atoms with van der Waals surface area (Å²) in [5, 5.41) is 3.13. The third-order valence-corrected chi connectivity index (χ3v) is 4.87. The van der Waals surface area contributed by atoms with Crippen LogP contribution in [0.4, 0.5) is 11.4 Å². The Morgan fingerprint density at radius 3 is 2.61 bits per heavy atom. The molecule has 3 aromatic rings. The lowest BCUT2D eigenvalue weighted by Crippen LogP contribution is -2.35. The molecule has 1 N–H and O–H groups in total. The molecule has 7 heteroatoms. The van der Waals surface area contributed by atoms with Crippen LogP contribution in [0.15, 0.2) is 45.6 Å². The van der Waals surface area contributed by atoms with Crippen LogP contribution in [-0.2, 0) is 4.79 Å². The van der Waals surface area contributed by atoms with Crippen LogP contribution in [-0.4, -0.2) is 25.5 Å². The number of rotatable bonds is 2. The van der Waals surface area contributed by atoms with Crippen LogP contribution >= 0.6 is 0 Å². The molecule has 4 rings (SSSR count). The van der Waals surface area contributed by atoms with Crippen LogP contribution in [0, 0.1) is 13.8 Å². The van der Waals surface area contributed by atoms with Crippen molar-refractivity contribution >= 4 is 34.2 Å². The number of carbonyl (C=O) groups excluding carboxylic acids is 2. The van der Waals surface area contributed by atoms with Crippen molar-refractivity contribution in [1.29, 1.82) is 0 Å². The van der Waals surface area contributed by atoms with Crippen molar-refractivity contribution in [1.82, 2.24) is 0 Å². The van der Waals surface area contributed by atoms with Crippen molar-refractivity contribution in [3.05, 3.63) is 63.5 Å². The average Bonchev–Trinajstić information content (AvgIpc) is 2.66. The van der Waals surface area contributed by atoms with Gasteiger partial charge in [-0.2, -0.15) is 0 Å². The van der Waals surface area contributed by atoms with Crippen molar-refractivity contribution in [3.63, 3.8) is 0 Å². The standard InChI is InChI=1S/C21H18N2O5/c1-11-6-14-16(24)9-19(28-18(14)7-12(11)2)21(26)22-13-4-5-17-15(8-13)23(3)20(25)10-27-17/h4-9H,10H2,1-3H3,(H,22,26). The molecule has 0 bridgehead atoms. The zero-order chi connectivity index (χ0) is 20.0. The third-order valence-electron chi connectivity index (χ3n) is 4.87. The second kappa shape index (κ2) is 6.53. The van der Waals surface area contributed by atoms with Crippen LogP contribution in [0.3, 0.4) is 0 Å². The van der Waals surface area contributed by atoms with Gasteiger partial charge in [-0.25, -0.2) is 0 Å². The number of ether oxygens (including phenoxy) is 1. The predicted octanol–water partition coefficient (Wildman–Crippen LogP) is 3.02. The van der Waals surface area contributed by atoms with Crippen molar-refractivity contribution in [2.45, 2.75) is 13.8 Å². The van der Waals surface area contributed by atoms with E-state index in [1.54, 1.807) is 37.4 Å². The molecule has 0 saturated carbocycles. The highest BCUT2D eigenvalue weighted by Crippen LogP contribution is 2.33. The molecule has 142 valence electrons. The van der Waals surface area contributed by atoms with Gasteiger partial charge in [0.25, 0.3) is 11.8 Å². The lowest BCUT2D eigenvalue weighted by atomic mass is 10.1. The molecule has 0 aliphatic carbocycles. The molecular formula is C21H18N2O5. The summed E-state index contributed by atoms with van der Waals surface area (Å²) in [4.78, 5) is 38.3. The van der Waals surface area contributed by atoms with Gasteiger partial charge in [-0.1, -0.05) is 0 Å².